The highest BCUT2D eigenvalue weighted by atomic mass is 32.2. The average molecular weight is 501 g/mol. The van der Waals surface area contributed by atoms with E-state index >= 15 is 0 Å². The number of carbonyl (C=O) groups is 1. The minimum atomic E-state index is -3.78. The van der Waals surface area contributed by atoms with Gasteiger partial charge >= 0.3 is 0 Å². The third-order valence-corrected chi connectivity index (χ3v) is 7.37. The van der Waals surface area contributed by atoms with Gasteiger partial charge in [-0.05, 0) is 66.6 Å². The van der Waals surface area contributed by atoms with E-state index in [2.05, 4.69) is 5.32 Å². The van der Waals surface area contributed by atoms with Gasteiger partial charge in [0.25, 0.3) is 15.9 Å². The Morgan fingerprint density at radius 2 is 1.47 bits per heavy atom. The van der Waals surface area contributed by atoms with Crippen molar-refractivity contribution in [3.63, 3.8) is 0 Å². The van der Waals surface area contributed by atoms with Gasteiger partial charge in [0, 0.05) is 12.1 Å². The van der Waals surface area contributed by atoms with Gasteiger partial charge in [-0.3, -0.25) is 9.10 Å². The zero-order chi connectivity index (χ0) is 25.4. The van der Waals surface area contributed by atoms with Crippen LogP contribution in [0.1, 0.15) is 28.4 Å². The number of amides is 1. The third-order valence-electron chi connectivity index (χ3n) is 5.58. The number of ether oxygens (including phenoxy) is 1. The van der Waals surface area contributed by atoms with Crippen molar-refractivity contribution >= 4 is 21.6 Å². The summed E-state index contributed by atoms with van der Waals surface area (Å²) in [5.74, 6) is 0.558. The molecule has 0 radical (unpaired) electrons. The predicted octanol–water partition coefficient (Wildman–Crippen LogP) is 5.41. The highest BCUT2D eigenvalue weighted by Crippen LogP contribution is 2.26. The summed E-state index contributed by atoms with van der Waals surface area (Å²) < 4.78 is 33.8. The quantitative estimate of drug-likeness (QED) is 0.316. The first kappa shape index (κ1) is 25.0. The molecule has 0 aliphatic rings. The summed E-state index contributed by atoms with van der Waals surface area (Å²) in [6.07, 6.45) is 0. The maximum atomic E-state index is 13.5. The molecule has 0 bridgehead atoms. The highest BCUT2D eigenvalue weighted by Gasteiger charge is 2.25. The molecule has 0 aliphatic heterocycles. The van der Waals surface area contributed by atoms with Gasteiger partial charge in [-0.1, -0.05) is 60.7 Å². The molecule has 1 amide bonds. The molecule has 0 atom stereocenters. The van der Waals surface area contributed by atoms with E-state index in [1.54, 1.807) is 78.9 Å². The van der Waals surface area contributed by atoms with Crippen LogP contribution in [0, 0.1) is 0 Å². The summed E-state index contributed by atoms with van der Waals surface area (Å²) in [4.78, 5) is 12.9. The van der Waals surface area contributed by atoms with E-state index < -0.39 is 10.0 Å². The van der Waals surface area contributed by atoms with Gasteiger partial charge < -0.3 is 10.1 Å². The van der Waals surface area contributed by atoms with Crippen molar-refractivity contribution in [2.45, 2.75) is 24.9 Å². The van der Waals surface area contributed by atoms with Crippen molar-refractivity contribution in [3.05, 3.63) is 126 Å². The van der Waals surface area contributed by atoms with Crippen LogP contribution >= 0.6 is 0 Å². The summed E-state index contributed by atoms with van der Waals surface area (Å²) in [6, 6.07) is 31.9. The topological polar surface area (TPSA) is 75.7 Å². The zero-order valence-electron chi connectivity index (χ0n) is 20.0. The largest absolute Gasteiger partial charge is 0.494 e. The SMILES string of the molecule is CCOc1cccc(CNC(=O)c2ccc(CN(c3ccccc3)S(=O)(=O)c3ccccc3)cc2)c1. The number of hydrogen-bond acceptors (Lipinski definition) is 4. The van der Waals surface area contributed by atoms with Crippen LogP contribution in [0.5, 0.6) is 5.75 Å². The van der Waals surface area contributed by atoms with Gasteiger partial charge in [0.15, 0.2) is 0 Å². The first-order chi connectivity index (χ1) is 17.5. The van der Waals surface area contributed by atoms with E-state index in [0.29, 0.717) is 24.4 Å². The standard InChI is InChI=1S/C29H28N2O4S/c1-2-35-27-13-9-10-24(20-27)21-30-29(32)25-18-16-23(17-19-25)22-31(26-11-5-3-6-12-26)36(33,34)28-14-7-4-8-15-28/h3-20H,2,21-22H2,1H3,(H,30,32). The van der Waals surface area contributed by atoms with Gasteiger partial charge in [0.05, 0.1) is 23.7 Å². The van der Waals surface area contributed by atoms with Crippen LogP contribution in [0.3, 0.4) is 0 Å². The lowest BCUT2D eigenvalue weighted by Gasteiger charge is -2.25. The van der Waals surface area contributed by atoms with Crippen LogP contribution in [0.4, 0.5) is 5.69 Å². The predicted molar refractivity (Wildman–Crippen MR) is 141 cm³/mol. The fourth-order valence-corrected chi connectivity index (χ4v) is 5.23. The molecule has 0 aliphatic carbocycles. The first-order valence-electron chi connectivity index (χ1n) is 11.7. The molecule has 1 N–H and O–H groups in total. The van der Waals surface area contributed by atoms with Crippen LogP contribution in [0.25, 0.3) is 0 Å². The fraction of sp³-hybridized carbons (Fsp3) is 0.138. The van der Waals surface area contributed by atoms with E-state index in [4.69, 9.17) is 4.74 Å². The maximum absolute atomic E-state index is 13.5. The minimum Gasteiger partial charge on any atom is -0.494 e. The van der Waals surface area contributed by atoms with Gasteiger partial charge in [0.2, 0.25) is 0 Å². The van der Waals surface area contributed by atoms with Crippen molar-refractivity contribution in [2.24, 2.45) is 0 Å². The molecule has 36 heavy (non-hydrogen) atoms. The number of carbonyl (C=O) groups excluding carboxylic acids is 1. The molecule has 184 valence electrons. The van der Waals surface area contributed by atoms with E-state index in [0.717, 1.165) is 16.9 Å². The summed E-state index contributed by atoms with van der Waals surface area (Å²) in [6.45, 7) is 3.01. The summed E-state index contributed by atoms with van der Waals surface area (Å²) >= 11 is 0. The molecule has 4 aromatic carbocycles. The maximum Gasteiger partial charge on any atom is 0.264 e. The van der Waals surface area contributed by atoms with E-state index in [1.165, 1.54) is 4.31 Å². The molecule has 0 saturated heterocycles. The number of benzene rings is 4. The smallest absolute Gasteiger partial charge is 0.264 e. The second-order valence-electron chi connectivity index (χ2n) is 8.12. The number of anilines is 1. The third kappa shape index (κ3) is 6.12. The molecule has 4 rings (SSSR count). The summed E-state index contributed by atoms with van der Waals surface area (Å²) in [5.41, 5.74) is 2.77. The Labute approximate surface area is 212 Å². The number of sulfonamides is 1. The molecule has 0 spiro atoms. The number of rotatable bonds is 10. The monoisotopic (exact) mass is 500 g/mol. The summed E-state index contributed by atoms with van der Waals surface area (Å²) in [7, 11) is -3.78. The van der Waals surface area contributed by atoms with Crippen LogP contribution in [-0.4, -0.2) is 20.9 Å². The molecule has 6 nitrogen and oxygen atoms in total. The lowest BCUT2D eigenvalue weighted by atomic mass is 10.1. The number of nitrogens with zero attached hydrogens (tertiary/aromatic N) is 1. The molecule has 0 aromatic heterocycles. The van der Waals surface area contributed by atoms with Crippen molar-refractivity contribution in [3.8, 4) is 5.75 Å². The lowest BCUT2D eigenvalue weighted by molar-refractivity contribution is 0.0951. The second-order valence-corrected chi connectivity index (χ2v) is 9.98. The van der Waals surface area contributed by atoms with E-state index in [-0.39, 0.29) is 17.3 Å². The highest BCUT2D eigenvalue weighted by molar-refractivity contribution is 7.92. The molecular weight excluding hydrogens is 472 g/mol. The number of hydrogen-bond donors (Lipinski definition) is 1. The van der Waals surface area contributed by atoms with Crippen LogP contribution < -0.4 is 14.4 Å². The second kappa shape index (κ2) is 11.6. The lowest BCUT2D eigenvalue weighted by Crippen LogP contribution is -2.30. The Balaban J connectivity index is 1.48. The number of para-hydroxylation sites is 1. The van der Waals surface area contributed by atoms with Crippen LogP contribution in [-0.2, 0) is 23.1 Å². The van der Waals surface area contributed by atoms with E-state index in [9.17, 15) is 13.2 Å². The molecule has 0 saturated carbocycles. The normalized spacial score (nSPS) is 11.0. The van der Waals surface area contributed by atoms with Crippen molar-refractivity contribution in [2.75, 3.05) is 10.9 Å². The van der Waals surface area contributed by atoms with Crippen molar-refractivity contribution in [1.82, 2.24) is 5.32 Å². The Morgan fingerprint density at radius 1 is 0.806 bits per heavy atom. The van der Waals surface area contributed by atoms with E-state index in [1.807, 2.05) is 37.3 Å². The van der Waals surface area contributed by atoms with Gasteiger partial charge in [-0.15, -0.1) is 0 Å². The van der Waals surface area contributed by atoms with Crippen molar-refractivity contribution in [1.29, 1.82) is 0 Å². The zero-order valence-corrected chi connectivity index (χ0v) is 20.8. The minimum absolute atomic E-state index is 0.132. The van der Waals surface area contributed by atoms with Gasteiger partial charge in [-0.25, -0.2) is 8.42 Å². The fourth-order valence-electron chi connectivity index (χ4n) is 3.75. The Kier molecular flexibility index (Phi) is 8.02. The molecule has 0 fully saturated rings. The number of nitrogens with one attached hydrogen (secondary N) is 1. The molecule has 0 unspecified atom stereocenters. The van der Waals surface area contributed by atoms with Gasteiger partial charge in [0.1, 0.15) is 5.75 Å². The molecule has 7 heteroatoms. The van der Waals surface area contributed by atoms with Gasteiger partial charge in [-0.2, -0.15) is 0 Å². The Bertz CT molecular complexity index is 1390. The van der Waals surface area contributed by atoms with Crippen LogP contribution in [0.15, 0.2) is 114 Å². The molecular formula is C29H28N2O4S. The van der Waals surface area contributed by atoms with Crippen molar-refractivity contribution < 1.29 is 17.9 Å². The molecule has 4 aromatic rings. The summed E-state index contributed by atoms with van der Waals surface area (Å²) in [5, 5.41) is 2.92. The Morgan fingerprint density at radius 3 is 2.14 bits per heavy atom. The average Bonchev–Trinajstić information content (AvgIpc) is 2.92. The Hall–Kier alpha value is -4.10. The van der Waals surface area contributed by atoms with Crippen LogP contribution in [0.2, 0.25) is 0 Å². The first-order valence-corrected chi connectivity index (χ1v) is 13.1. The molecule has 0 heterocycles.